The van der Waals surface area contributed by atoms with Gasteiger partial charge in [-0.25, -0.2) is 10.4 Å². The zero-order chi connectivity index (χ0) is 19.1. The van der Waals surface area contributed by atoms with Crippen LogP contribution in [0.15, 0.2) is 66.3 Å². The summed E-state index contributed by atoms with van der Waals surface area (Å²) < 4.78 is 6.63. The minimum Gasteiger partial charge on any atom is -0.489 e. The van der Waals surface area contributed by atoms with Crippen molar-refractivity contribution >= 4 is 38.8 Å². The van der Waals surface area contributed by atoms with Gasteiger partial charge in [0.25, 0.3) is 5.91 Å². The molecule has 3 rings (SSSR count). The third kappa shape index (κ3) is 4.92. The number of rotatable bonds is 8. The van der Waals surface area contributed by atoms with Crippen LogP contribution in [0.2, 0.25) is 0 Å². The maximum absolute atomic E-state index is 12.3. The lowest BCUT2D eigenvalue weighted by atomic mass is 10.2. The average molecular weight is 380 g/mol. The standard InChI is InChI=1S/C20H20N4O2S/c1-3-12-26-17-10-6-4-8-15(17)13-21-24-19(25)14(2)22-20-23-16-9-5-7-11-18(16)27-20/h3-11,13-14H,1,12H2,2H3,(H,22,23)(H,24,25)/b21-13-/t14-/m1/s1. The summed E-state index contributed by atoms with van der Waals surface area (Å²) in [6.07, 6.45) is 3.23. The molecule has 27 heavy (non-hydrogen) atoms. The van der Waals surface area contributed by atoms with Crippen molar-refractivity contribution in [2.75, 3.05) is 11.9 Å². The van der Waals surface area contributed by atoms with Crippen molar-refractivity contribution in [3.8, 4) is 5.75 Å². The molecule has 0 aliphatic carbocycles. The van der Waals surface area contributed by atoms with Crippen LogP contribution in [0.1, 0.15) is 12.5 Å². The van der Waals surface area contributed by atoms with Gasteiger partial charge in [0.15, 0.2) is 5.13 Å². The van der Waals surface area contributed by atoms with Crippen LogP contribution < -0.4 is 15.5 Å². The summed E-state index contributed by atoms with van der Waals surface area (Å²) in [6.45, 7) is 5.80. The van der Waals surface area contributed by atoms with Crippen LogP contribution in [0, 0.1) is 0 Å². The van der Waals surface area contributed by atoms with Gasteiger partial charge in [0.1, 0.15) is 18.4 Å². The van der Waals surface area contributed by atoms with Crippen molar-refractivity contribution in [3.05, 3.63) is 66.7 Å². The fourth-order valence-electron chi connectivity index (χ4n) is 2.31. The fourth-order valence-corrected chi connectivity index (χ4v) is 3.27. The first-order valence-corrected chi connectivity index (χ1v) is 9.27. The largest absolute Gasteiger partial charge is 0.489 e. The number of nitrogens with zero attached hydrogens (tertiary/aromatic N) is 2. The molecule has 0 saturated carbocycles. The van der Waals surface area contributed by atoms with E-state index >= 15 is 0 Å². The number of hydrogen-bond donors (Lipinski definition) is 2. The van der Waals surface area contributed by atoms with E-state index in [2.05, 4.69) is 27.4 Å². The summed E-state index contributed by atoms with van der Waals surface area (Å²) in [7, 11) is 0. The number of para-hydroxylation sites is 2. The zero-order valence-electron chi connectivity index (χ0n) is 14.9. The van der Waals surface area contributed by atoms with Gasteiger partial charge in [-0.3, -0.25) is 4.79 Å². The van der Waals surface area contributed by atoms with Gasteiger partial charge in [-0.1, -0.05) is 48.3 Å². The Morgan fingerprint density at radius 2 is 2.07 bits per heavy atom. The molecule has 0 fully saturated rings. The summed E-state index contributed by atoms with van der Waals surface area (Å²) >= 11 is 1.51. The van der Waals surface area contributed by atoms with Gasteiger partial charge in [0.2, 0.25) is 0 Å². The molecule has 0 saturated heterocycles. The molecule has 138 valence electrons. The van der Waals surface area contributed by atoms with Gasteiger partial charge in [-0.2, -0.15) is 5.10 Å². The number of nitrogens with one attached hydrogen (secondary N) is 2. The third-order valence-electron chi connectivity index (χ3n) is 3.68. The highest BCUT2D eigenvalue weighted by molar-refractivity contribution is 7.22. The number of carbonyl (C=O) groups is 1. The maximum atomic E-state index is 12.3. The second-order valence-corrected chi connectivity index (χ2v) is 6.76. The van der Waals surface area contributed by atoms with Crippen molar-refractivity contribution in [2.24, 2.45) is 5.10 Å². The average Bonchev–Trinajstić information content (AvgIpc) is 3.09. The van der Waals surface area contributed by atoms with Gasteiger partial charge < -0.3 is 10.1 Å². The van der Waals surface area contributed by atoms with Crippen molar-refractivity contribution in [3.63, 3.8) is 0 Å². The predicted molar refractivity (Wildman–Crippen MR) is 111 cm³/mol. The number of benzene rings is 2. The molecular formula is C20H20N4O2S. The number of fused-ring (bicyclic) bond motifs is 1. The van der Waals surface area contributed by atoms with Gasteiger partial charge in [0, 0.05) is 5.56 Å². The second kappa shape index (κ2) is 8.95. The second-order valence-electron chi connectivity index (χ2n) is 5.72. The van der Waals surface area contributed by atoms with Gasteiger partial charge in [0.05, 0.1) is 16.4 Å². The van der Waals surface area contributed by atoms with E-state index in [-0.39, 0.29) is 5.91 Å². The van der Waals surface area contributed by atoms with Crippen molar-refractivity contribution < 1.29 is 9.53 Å². The minimum atomic E-state index is -0.477. The highest BCUT2D eigenvalue weighted by Crippen LogP contribution is 2.25. The molecule has 0 bridgehead atoms. The van der Waals surface area contributed by atoms with E-state index < -0.39 is 6.04 Å². The van der Waals surface area contributed by atoms with Crippen LogP contribution in [-0.2, 0) is 4.79 Å². The van der Waals surface area contributed by atoms with Crippen LogP contribution in [0.25, 0.3) is 10.2 Å². The lowest BCUT2D eigenvalue weighted by molar-refractivity contribution is -0.121. The zero-order valence-corrected chi connectivity index (χ0v) is 15.7. The molecule has 1 amide bonds. The Labute approximate surface area is 161 Å². The first-order chi connectivity index (χ1) is 13.2. The van der Waals surface area contributed by atoms with E-state index in [1.165, 1.54) is 11.3 Å². The Morgan fingerprint density at radius 3 is 2.89 bits per heavy atom. The highest BCUT2D eigenvalue weighted by atomic mass is 32.1. The Hall–Kier alpha value is -3.19. The van der Waals surface area contributed by atoms with Crippen LogP contribution in [0.4, 0.5) is 5.13 Å². The van der Waals surface area contributed by atoms with Crippen molar-refractivity contribution in [1.82, 2.24) is 10.4 Å². The SMILES string of the molecule is C=CCOc1ccccc1/C=N\NC(=O)[C@@H](C)Nc1nc2ccccc2s1. The molecule has 1 atom stereocenters. The Balaban J connectivity index is 1.58. The van der Waals surface area contributed by atoms with Crippen LogP contribution in [0.3, 0.4) is 0 Å². The number of anilines is 1. The van der Waals surface area contributed by atoms with E-state index in [1.807, 2.05) is 48.5 Å². The summed E-state index contributed by atoms with van der Waals surface area (Å²) in [5, 5.41) is 7.83. The number of amides is 1. The third-order valence-corrected chi connectivity index (χ3v) is 4.65. The van der Waals surface area contributed by atoms with Gasteiger partial charge >= 0.3 is 0 Å². The molecule has 0 radical (unpaired) electrons. The number of hydrazone groups is 1. The lowest BCUT2D eigenvalue weighted by Gasteiger charge is -2.10. The smallest absolute Gasteiger partial charge is 0.262 e. The van der Waals surface area contributed by atoms with E-state index in [4.69, 9.17) is 4.74 Å². The molecular weight excluding hydrogens is 360 g/mol. The number of thiazole rings is 1. The molecule has 0 unspecified atom stereocenters. The van der Waals surface area contributed by atoms with E-state index in [0.717, 1.165) is 15.8 Å². The van der Waals surface area contributed by atoms with Gasteiger partial charge in [-0.15, -0.1) is 0 Å². The highest BCUT2D eigenvalue weighted by Gasteiger charge is 2.14. The summed E-state index contributed by atoms with van der Waals surface area (Å²) in [6, 6.07) is 14.8. The summed E-state index contributed by atoms with van der Waals surface area (Å²) in [5.74, 6) is 0.422. The first kappa shape index (κ1) is 18.6. The molecule has 1 heterocycles. The van der Waals surface area contributed by atoms with Crippen molar-refractivity contribution in [1.29, 1.82) is 0 Å². The monoisotopic (exact) mass is 380 g/mol. The lowest BCUT2D eigenvalue weighted by Crippen LogP contribution is -2.34. The number of carbonyl (C=O) groups excluding carboxylic acids is 1. The maximum Gasteiger partial charge on any atom is 0.262 e. The molecule has 7 heteroatoms. The number of aromatic nitrogens is 1. The molecule has 2 N–H and O–H groups in total. The molecule has 3 aromatic rings. The summed E-state index contributed by atoms with van der Waals surface area (Å²) in [4.78, 5) is 16.7. The Morgan fingerprint density at radius 1 is 1.30 bits per heavy atom. The van der Waals surface area contributed by atoms with Crippen LogP contribution >= 0.6 is 11.3 Å². The first-order valence-electron chi connectivity index (χ1n) is 8.45. The molecule has 1 aromatic heterocycles. The van der Waals surface area contributed by atoms with E-state index in [0.29, 0.717) is 17.5 Å². The molecule has 0 aliphatic heterocycles. The van der Waals surface area contributed by atoms with Crippen molar-refractivity contribution in [2.45, 2.75) is 13.0 Å². The minimum absolute atomic E-state index is 0.255. The van der Waals surface area contributed by atoms with Gasteiger partial charge in [-0.05, 0) is 31.2 Å². The number of hydrogen-bond acceptors (Lipinski definition) is 6. The molecule has 2 aromatic carbocycles. The van der Waals surface area contributed by atoms with E-state index in [9.17, 15) is 4.79 Å². The molecule has 6 nitrogen and oxygen atoms in total. The number of ether oxygens (including phenoxy) is 1. The Kier molecular flexibility index (Phi) is 6.17. The summed E-state index contributed by atoms with van der Waals surface area (Å²) in [5.41, 5.74) is 4.22. The molecule has 0 spiro atoms. The van der Waals surface area contributed by atoms with Crippen LogP contribution in [0.5, 0.6) is 5.75 Å². The molecule has 0 aliphatic rings. The topological polar surface area (TPSA) is 75.6 Å². The predicted octanol–water partition coefficient (Wildman–Crippen LogP) is 3.81. The quantitative estimate of drug-likeness (QED) is 0.354. The Bertz CT molecular complexity index is 934. The fraction of sp³-hybridized carbons (Fsp3) is 0.150. The van der Waals surface area contributed by atoms with E-state index in [1.54, 1.807) is 19.2 Å². The normalized spacial score (nSPS) is 12.0. The van der Waals surface area contributed by atoms with Crippen LogP contribution in [-0.4, -0.2) is 29.8 Å².